The summed E-state index contributed by atoms with van der Waals surface area (Å²) in [7, 11) is 1.53. The van der Waals surface area contributed by atoms with Gasteiger partial charge in [-0.3, -0.25) is 4.79 Å². The molecule has 2 aromatic heterocycles. The zero-order valence-corrected chi connectivity index (χ0v) is 17.5. The molecule has 1 amide bonds. The van der Waals surface area contributed by atoms with Gasteiger partial charge in [0.1, 0.15) is 21.9 Å². The van der Waals surface area contributed by atoms with Crippen LogP contribution in [0.2, 0.25) is 0 Å². The molecule has 0 fully saturated rings. The molecule has 7 nitrogen and oxygen atoms in total. The van der Waals surface area contributed by atoms with Crippen molar-refractivity contribution in [3.8, 4) is 5.75 Å². The van der Waals surface area contributed by atoms with Crippen molar-refractivity contribution in [3.05, 3.63) is 56.3 Å². The van der Waals surface area contributed by atoms with E-state index in [1.165, 1.54) is 24.5 Å². The van der Waals surface area contributed by atoms with Crippen molar-refractivity contribution in [2.45, 2.75) is 32.6 Å². The second-order valence-corrected chi connectivity index (χ2v) is 8.05. The van der Waals surface area contributed by atoms with E-state index in [-0.39, 0.29) is 12.2 Å². The minimum Gasteiger partial charge on any atom is -0.497 e. The number of carbonyl (C=O) groups is 2. The average Bonchev–Trinajstić information content (AvgIpc) is 3.10. The van der Waals surface area contributed by atoms with Crippen LogP contribution in [0.1, 0.15) is 50.9 Å². The number of nitrogens with one attached hydrogen (secondary N) is 1. The predicted octanol–water partition coefficient (Wildman–Crippen LogP) is 4.17. The molecule has 4 rings (SSSR count). The zero-order chi connectivity index (χ0) is 21.3. The van der Waals surface area contributed by atoms with E-state index >= 15 is 0 Å². The summed E-state index contributed by atoms with van der Waals surface area (Å²) >= 11 is 1.37. The summed E-state index contributed by atoms with van der Waals surface area (Å²) in [6.45, 7) is 1.98. The minimum atomic E-state index is -0.746. The van der Waals surface area contributed by atoms with Crippen LogP contribution < -0.4 is 15.7 Å². The normalized spacial score (nSPS) is 13.0. The molecular formula is C22H21NO6S. The Hall–Kier alpha value is -3.13. The number of amides is 1. The van der Waals surface area contributed by atoms with Gasteiger partial charge in [0.2, 0.25) is 0 Å². The molecule has 156 valence electrons. The Labute approximate surface area is 176 Å². The largest absolute Gasteiger partial charge is 0.497 e. The molecule has 1 aliphatic rings. The smallest absolute Gasteiger partial charge is 0.349 e. The quantitative estimate of drug-likeness (QED) is 0.485. The summed E-state index contributed by atoms with van der Waals surface area (Å²) in [4.78, 5) is 39.0. The maximum absolute atomic E-state index is 12.9. The number of aryl methyl sites for hydroxylation is 1. The van der Waals surface area contributed by atoms with Gasteiger partial charge in [0.25, 0.3) is 5.91 Å². The highest BCUT2D eigenvalue weighted by Crippen LogP contribution is 2.38. The van der Waals surface area contributed by atoms with Gasteiger partial charge < -0.3 is 19.2 Å². The summed E-state index contributed by atoms with van der Waals surface area (Å²) in [6.07, 6.45) is 3.66. The lowest BCUT2D eigenvalue weighted by Crippen LogP contribution is -2.21. The van der Waals surface area contributed by atoms with Gasteiger partial charge in [-0.25, -0.2) is 9.59 Å². The number of benzene rings is 1. The van der Waals surface area contributed by atoms with Crippen LogP contribution in [0.4, 0.5) is 5.00 Å². The Morgan fingerprint density at radius 3 is 2.77 bits per heavy atom. The van der Waals surface area contributed by atoms with Gasteiger partial charge in [-0.15, -0.1) is 11.3 Å². The van der Waals surface area contributed by atoms with Gasteiger partial charge in [-0.2, -0.15) is 0 Å². The third-order valence-corrected chi connectivity index (χ3v) is 6.27. The highest BCUT2D eigenvalue weighted by molar-refractivity contribution is 7.17. The molecule has 30 heavy (non-hydrogen) atoms. The Balaban J connectivity index is 1.72. The molecule has 0 radical (unpaired) electrons. The summed E-state index contributed by atoms with van der Waals surface area (Å²) < 4.78 is 15.7. The number of hydrogen-bond acceptors (Lipinski definition) is 7. The van der Waals surface area contributed by atoms with Crippen molar-refractivity contribution in [3.63, 3.8) is 0 Å². The molecule has 1 aromatic carbocycles. The molecule has 0 saturated carbocycles. The van der Waals surface area contributed by atoms with E-state index in [1.54, 1.807) is 25.1 Å². The lowest BCUT2D eigenvalue weighted by molar-refractivity contribution is 0.0526. The maximum Gasteiger partial charge on any atom is 0.349 e. The second-order valence-electron chi connectivity index (χ2n) is 6.94. The van der Waals surface area contributed by atoms with Crippen molar-refractivity contribution >= 4 is 39.2 Å². The molecule has 0 aliphatic heterocycles. The third-order valence-electron chi connectivity index (χ3n) is 5.06. The van der Waals surface area contributed by atoms with Crippen LogP contribution >= 0.6 is 11.3 Å². The molecule has 1 aliphatic carbocycles. The summed E-state index contributed by atoms with van der Waals surface area (Å²) in [5.41, 5.74) is 0.810. The van der Waals surface area contributed by atoms with Gasteiger partial charge in [-0.1, -0.05) is 0 Å². The van der Waals surface area contributed by atoms with Crippen LogP contribution in [0, 0.1) is 0 Å². The predicted molar refractivity (Wildman–Crippen MR) is 114 cm³/mol. The third kappa shape index (κ3) is 3.70. The first kappa shape index (κ1) is 20.2. The monoisotopic (exact) mass is 427 g/mol. The first-order valence-electron chi connectivity index (χ1n) is 9.76. The van der Waals surface area contributed by atoms with Gasteiger partial charge in [-0.05, 0) is 62.4 Å². The van der Waals surface area contributed by atoms with Crippen LogP contribution in [0.5, 0.6) is 5.75 Å². The summed E-state index contributed by atoms with van der Waals surface area (Å²) in [5, 5.41) is 3.72. The lowest BCUT2D eigenvalue weighted by Gasteiger charge is -2.12. The van der Waals surface area contributed by atoms with E-state index < -0.39 is 17.5 Å². The summed E-state index contributed by atoms with van der Waals surface area (Å²) in [6, 6.07) is 6.44. The average molecular weight is 427 g/mol. The Morgan fingerprint density at radius 2 is 2.00 bits per heavy atom. The molecule has 0 unspecified atom stereocenters. The van der Waals surface area contributed by atoms with Crippen LogP contribution in [0.3, 0.4) is 0 Å². The molecular weight excluding hydrogens is 406 g/mol. The highest BCUT2D eigenvalue weighted by atomic mass is 32.1. The number of ether oxygens (including phenoxy) is 2. The molecule has 0 spiro atoms. The lowest BCUT2D eigenvalue weighted by atomic mass is 9.95. The molecule has 0 atom stereocenters. The fourth-order valence-electron chi connectivity index (χ4n) is 3.63. The minimum absolute atomic E-state index is 0.142. The van der Waals surface area contributed by atoms with Gasteiger partial charge >= 0.3 is 11.6 Å². The molecule has 2 heterocycles. The van der Waals surface area contributed by atoms with Crippen LogP contribution in [-0.2, 0) is 17.6 Å². The molecule has 3 aromatic rings. The number of anilines is 1. The van der Waals surface area contributed by atoms with E-state index in [2.05, 4.69) is 5.32 Å². The van der Waals surface area contributed by atoms with E-state index in [1.807, 2.05) is 0 Å². The van der Waals surface area contributed by atoms with E-state index in [0.29, 0.717) is 27.3 Å². The number of methoxy groups -OCH3 is 1. The standard InChI is InChI=1S/C22H21NO6S/c1-3-28-22(26)18-14-6-4-5-7-17(14)30-20(18)23-19(24)15-11-12-10-13(27-2)8-9-16(12)29-21(15)25/h8-11H,3-7H2,1-2H3,(H,23,24). The molecule has 8 heteroatoms. The van der Waals surface area contributed by atoms with Crippen LogP contribution in [0.25, 0.3) is 11.0 Å². The van der Waals surface area contributed by atoms with Gasteiger partial charge in [0.15, 0.2) is 0 Å². The summed E-state index contributed by atoms with van der Waals surface area (Å²) in [5.74, 6) is -0.502. The first-order chi connectivity index (χ1) is 14.5. The van der Waals surface area contributed by atoms with Gasteiger partial charge in [0, 0.05) is 10.3 Å². The fourth-order valence-corrected chi connectivity index (χ4v) is 4.90. The molecule has 0 saturated heterocycles. The molecule has 0 bridgehead atoms. The number of hydrogen-bond donors (Lipinski definition) is 1. The number of thiophene rings is 1. The van der Waals surface area contributed by atoms with Crippen LogP contribution in [0.15, 0.2) is 33.5 Å². The number of fused-ring (bicyclic) bond motifs is 2. The number of esters is 1. The second kappa shape index (κ2) is 8.31. The van der Waals surface area contributed by atoms with Crippen molar-refractivity contribution < 1.29 is 23.5 Å². The van der Waals surface area contributed by atoms with Crippen molar-refractivity contribution in [2.24, 2.45) is 0 Å². The van der Waals surface area contributed by atoms with Crippen molar-refractivity contribution in [1.82, 2.24) is 0 Å². The number of carbonyl (C=O) groups excluding carboxylic acids is 2. The van der Waals surface area contributed by atoms with E-state index in [9.17, 15) is 14.4 Å². The van der Waals surface area contributed by atoms with Gasteiger partial charge in [0.05, 0.1) is 19.3 Å². The van der Waals surface area contributed by atoms with Crippen molar-refractivity contribution in [1.29, 1.82) is 0 Å². The zero-order valence-electron chi connectivity index (χ0n) is 16.7. The maximum atomic E-state index is 12.9. The number of rotatable bonds is 5. The Bertz CT molecular complexity index is 1190. The van der Waals surface area contributed by atoms with Crippen molar-refractivity contribution in [2.75, 3.05) is 19.0 Å². The van der Waals surface area contributed by atoms with E-state index in [0.717, 1.165) is 36.1 Å². The first-order valence-corrected chi connectivity index (χ1v) is 10.6. The Morgan fingerprint density at radius 1 is 1.20 bits per heavy atom. The molecule has 1 N–H and O–H groups in total. The SMILES string of the molecule is CCOC(=O)c1c(NC(=O)c2cc3cc(OC)ccc3oc2=O)sc2c1CCCC2. The fraction of sp³-hybridized carbons (Fsp3) is 0.318. The topological polar surface area (TPSA) is 94.8 Å². The van der Waals surface area contributed by atoms with Crippen LogP contribution in [-0.4, -0.2) is 25.6 Å². The Kier molecular flexibility index (Phi) is 5.59. The van der Waals surface area contributed by atoms with E-state index in [4.69, 9.17) is 13.9 Å². The highest BCUT2D eigenvalue weighted by Gasteiger charge is 2.28.